The molecule has 2 fully saturated rings. The first kappa shape index (κ1) is 24.8. The molecule has 2 aliphatic heterocycles. The highest BCUT2D eigenvalue weighted by atomic mass is 127. The second-order valence-corrected chi connectivity index (χ2v) is 8.58. The summed E-state index contributed by atoms with van der Waals surface area (Å²) >= 11 is 0. The van der Waals surface area contributed by atoms with Gasteiger partial charge in [0.2, 0.25) is 0 Å². The number of piperidine rings is 2. The van der Waals surface area contributed by atoms with Gasteiger partial charge in [0, 0.05) is 50.9 Å². The summed E-state index contributed by atoms with van der Waals surface area (Å²) in [5.41, 5.74) is 2.49. The Morgan fingerprint density at radius 1 is 1.12 bits per heavy atom. The molecule has 0 unspecified atom stereocenters. The third-order valence-electron chi connectivity index (χ3n) is 6.54. The first-order valence-electron chi connectivity index (χ1n) is 11.6. The summed E-state index contributed by atoms with van der Waals surface area (Å²) in [4.78, 5) is 14.0. The van der Waals surface area contributed by atoms with E-state index in [-0.39, 0.29) is 24.0 Å². The Bertz CT molecular complexity index is 811. The number of guanidine groups is 1. The molecule has 3 N–H and O–H groups in total. The van der Waals surface area contributed by atoms with Gasteiger partial charge in [-0.2, -0.15) is 5.10 Å². The Morgan fingerprint density at radius 3 is 2.44 bits per heavy atom. The van der Waals surface area contributed by atoms with Crippen LogP contribution in [0, 0.1) is 5.92 Å². The first-order valence-corrected chi connectivity index (χ1v) is 11.6. The number of hydrogen-bond donors (Lipinski definition) is 3. The zero-order valence-corrected chi connectivity index (χ0v) is 21.2. The highest BCUT2D eigenvalue weighted by Gasteiger charge is 2.24. The molecule has 1 aromatic heterocycles. The number of aliphatic hydroxyl groups is 1. The van der Waals surface area contributed by atoms with Gasteiger partial charge in [-0.1, -0.05) is 12.1 Å². The Balaban J connectivity index is 0.00000289. The monoisotopic (exact) mass is 553 g/mol. The van der Waals surface area contributed by atoms with Crippen molar-refractivity contribution in [3.8, 4) is 0 Å². The van der Waals surface area contributed by atoms with Crippen molar-refractivity contribution in [3.05, 3.63) is 42.0 Å². The molecule has 176 valence electrons. The lowest BCUT2D eigenvalue weighted by atomic mass is 9.96. The Kier molecular flexibility index (Phi) is 9.58. The van der Waals surface area contributed by atoms with Crippen LogP contribution in [0.5, 0.6) is 0 Å². The maximum Gasteiger partial charge on any atom is 0.194 e. The molecule has 2 aliphatic rings. The van der Waals surface area contributed by atoms with Crippen LogP contribution in [0.15, 0.2) is 35.6 Å². The van der Waals surface area contributed by atoms with Crippen molar-refractivity contribution in [2.45, 2.75) is 45.1 Å². The molecule has 8 nitrogen and oxygen atoms in total. The maximum absolute atomic E-state index is 9.33. The number of likely N-dealkylation sites (tertiary alicyclic amines) is 1. The van der Waals surface area contributed by atoms with Gasteiger partial charge in [-0.05, 0) is 56.2 Å². The summed E-state index contributed by atoms with van der Waals surface area (Å²) < 4.78 is 0. The van der Waals surface area contributed by atoms with E-state index in [1.807, 2.05) is 0 Å². The second-order valence-electron chi connectivity index (χ2n) is 8.58. The van der Waals surface area contributed by atoms with Gasteiger partial charge in [-0.15, -0.1) is 24.0 Å². The number of nitrogens with zero attached hydrogens (tertiary/aromatic N) is 5. The fraction of sp³-hybridized carbons (Fsp3) is 0.609. The highest BCUT2D eigenvalue weighted by Crippen LogP contribution is 2.25. The van der Waals surface area contributed by atoms with Crippen LogP contribution < -0.4 is 10.2 Å². The summed E-state index contributed by atoms with van der Waals surface area (Å²) in [7, 11) is 0. The van der Waals surface area contributed by atoms with Gasteiger partial charge in [0.05, 0.1) is 6.54 Å². The molecule has 0 saturated carbocycles. The molecule has 0 bridgehead atoms. The van der Waals surface area contributed by atoms with Crippen LogP contribution in [-0.4, -0.2) is 70.5 Å². The molecule has 0 aliphatic carbocycles. The molecule has 3 heterocycles. The van der Waals surface area contributed by atoms with E-state index in [9.17, 15) is 5.11 Å². The van der Waals surface area contributed by atoms with Gasteiger partial charge in [0.15, 0.2) is 5.96 Å². The van der Waals surface area contributed by atoms with Crippen LogP contribution in [0.1, 0.15) is 49.9 Å². The summed E-state index contributed by atoms with van der Waals surface area (Å²) in [6.07, 6.45) is 5.85. The first-order chi connectivity index (χ1) is 15.3. The molecular formula is C23H36IN7O. The molecule has 2 saturated heterocycles. The largest absolute Gasteiger partial charge is 0.396 e. The van der Waals surface area contributed by atoms with Gasteiger partial charge in [0.25, 0.3) is 0 Å². The van der Waals surface area contributed by atoms with Gasteiger partial charge in [-0.3, -0.25) is 5.10 Å². The molecule has 0 atom stereocenters. The van der Waals surface area contributed by atoms with Crippen molar-refractivity contribution in [1.29, 1.82) is 0 Å². The second kappa shape index (κ2) is 12.4. The average molecular weight is 553 g/mol. The molecular weight excluding hydrogens is 517 g/mol. The number of nitrogens with one attached hydrogen (secondary N) is 2. The third-order valence-corrected chi connectivity index (χ3v) is 6.54. The molecule has 9 heteroatoms. The van der Waals surface area contributed by atoms with Crippen LogP contribution in [0.4, 0.5) is 5.69 Å². The quantitative estimate of drug-likeness (QED) is 0.290. The van der Waals surface area contributed by atoms with Crippen molar-refractivity contribution in [1.82, 2.24) is 25.4 Å². The van der Waals surface area contributed by atoms with Gasteiger partial charge < -0.3 is 20.2 Å². The Hall–Kier alpha value is -1.88. The van der Waals surface area contributed by atoms with Crippen molar-refractivity contribution >= 4 is 35.6 Å². The number of rotatable bonds is 6. The predicted molar refractivity (Wildman–Crippen MR) is 139 cm³/mol. The van der Waals surface area contributed by atoms with Crippen LogP contribution in [0.25, 0.3) is 0 Å². The molecule has 2 aromatic rings. The van der Waals surface area contributed by atoms with Crippen molar-refractivity contribution in [2.24, 2.45) is 10.9 Å². The summed E-state index contributed by atoms with van der Waals surface area (Å²) in [5.74, 6) is 2.92. The van der Waals surface area contributed by atoms with Crippen LogP contribution >= 0.6 is 24.0 Å². The SMILES string of the molecule is CCNC(=NCc1ccc(N2CCC(CO)CC2)cc1)N1CCC(c2ncn[nH]2)CC1.I. The fourth-order valence-corrected chi connectivity index (χ4v) is 4.55. The topological polar surface area (TPSA) is 92.7 Å². The predicted octanol–water partition coefficient (Wildman–Crippen LogP) is 2.98. The zero-order valence-electron chi connectivity index (χ0n) is 18.9. The Morgan fingerprint density at radius 2 is 1.84 bits per heavy atom. The molecule has 0 spiro atoms. The van der Waals surface area contributed by atoms with E-state index >= 15 is 0 Å². The lowest BCUT2D eigenvalue weighted by Gasteiger charge is -2.33. The minimum atomic E-state index is 0. The standard InChI is InChI=1S/C23H35N7O.HI/c1-2-24-23(30-13-9-20(10-14-30)22-26-17-27-28-22)25-15-18-3-5-21(6-4-18)29-11-7-19(16-31)8-12-29;/h3-6,17,19-20,31H,2,7-16H2,1H3,(H,24,25)(H,26,27,28);1H. The number of anilines is 1. The van der Waals surface area contributed by atoms with Gasteiger partial charge in [0.1, 0.15) is 12.2 Å². The van der Waals surface area contributed by atoms with Crippen LogP contribution in [-0.2, 0) is 6.54 Å². The average Bonchev–Trinajstić information content (AvgIpc) is 3.37. The van der Waals surface area contributed by atoms with E-state index < -0.39 is 0 Å². The smallest absolute Gasteiger partial charge is 0.194 e. The number of aromatic amines is 1. The Labute approximate surface area is 207 Å². The lowest BCUT2D eigenvalue weighted by molar-refractivity contribution is 0.203. The van der Waals surface area contributed by atoms with Gasteiger partial charge in [-0.25, -0.2) is 9.98 Å². The number of H-pyrrole nitrogens is 1. The van der Waals surface area contributed by atoms with E-state index in [1.54, 1.807) is 6.33 Å². The number of halogens is 1. The summed E-state index contributed by atoms with van der Waals surface area (Å²) in [5, 5.41) is 19.8. The van der Waals surface area contributed by atoms with Crippen LogP contribution in [0.2, 0.25) is 0 Å². The van der Waals surface area contributed by atoms with Crippen molar-refractivity contribution in [2.75, 3.05) is 44.2 Å². The number of hydrogen-bond acceptors (Lipinski definition) is 5. The van der Waals surface area contributed by atoms with Gasteiger partial charge >= 0.3 is 0 Å². The highest BCUT2D eigenvalue weighted by molar-refractivity contribution is 14.0. The number of aliphatic hydroxyl groups excluding tert-OH is 1. The molecule has 0 radical (unpaired) electrons. The molecule has 32 heavy (non-hydrogen) atoms. The number of aromatic nitrogens is 3. The molecule has 0 amide bonds. The minimum absolute atomic E-state index is 0. The van der Waals surface area contributed by atoms with E-state index in [0.717, 1.165) is 70.2 Å². The normalized spacial score (nSPS) is 18.5. The number of aliphatic imine (C=N–C) groups is 1. The fourth-order valence-electron chi connectivity index (χ4n) is 4.55. The zero-order chi connectivity index (χ0) is 21.5. The van der Waals surface area contributed by atoms with Crippen LogP contribution in [0.3, 0.4) is 0 Å². The summed E-state index contributed by atoms with van der Waals surface area (Å²) in [6.45, 7) is 7.97. The van der Waals surface area contributed by atoms with E-state index in [2.05, 4.69) is 61.5 Å². The van der Waals surface area contributed by atoms with E-state index in [1.165, 1.54) is 11.3 Å². The maximum atomic E-state index is 9.33. The minimum Gasteiger partial charge on any atom is -0.396 e. The van der Waals surface area contributed by atoms with E-state index in [0.29, 0.717) is 25.0 Å². The third kappa shape index (κ3) is 6.34. The lowest BCUT2D eigenvalue weighted by Crippen LogP contribution is -2.45. The van der Waals surface area contributed by atoms with E-state index in [4.69, 9.17) is 4.99 Å². The van der Waals surface area contributed by atoms with Crippen molar-refractivity contribution < 1.29 is 5.11 Å². The molecule has 1 aromatic carbocycles. The summed E-state index contributed by atoms with van der Waals surface area (Å²) in [6, 6.07) is 8.80. The van der Waals surface area contributed by atoms with Crippen molar-refractivity contribution in [3.63, 3.8) is 0 Å². The molecule has 4 rings (SSSR count). The number of benzene rings is 1.